The Morgan fingerprint density at radius 1 is 1.37 bits per heavy atom. The molecule has 3 nitrogen and oxygen atoms in total. The van der Waals surface area contributed by atoms with Crippen LogP contribution in [0.5, 0.6) is 0 Å². The number of thioether (sulfide) groups is 1. The molecular formula is C14H26N2OS2. The number of hydrogen-bond donors (Lipinski definition) is 1. The van der Waals surface area contributed by atoms with Gasteiger partial charge in [0, 0.05) is 19.1 Å². The van der Waals surface area contributed by atoms with Crippen LogP contribution in [0.25, 0.3) is 0 Å². The number of likely N-dealkylation sites (tertiary alicyclic amines) is 1. The summed E-state index contributed by atoms with van der Waals surface area (Å²) >= 11 is 6.84. The molecule has 19 heavy (non-hydrogen) atoms. The maximum Gasteiger partial charge on any atom is 0.230 e. The van der Waals surface area contributed by atoms with Gasteiger partial charge in [-0.15, -0.1) is 0 Å². The lowest BCUT2D eigenvalue weighted by atomic mass is 10.1. The highest BCUT2D eigenvalue weighted by atomic mass is 32.2. The van der Waals surface area contributed by atoms with Gasteiger partial charge in [0.05, 0.1) is 5.75 Å². The third kappa shape index (κ3) is 7.16. The lowest BCUT2D eigenvalue weighted by Crippen LogP contribution is -2.34. The zero-order valence-corrected chi connectivity index (χ0v) is 13.7. The number of rotatable bonds is 7. The molecule has 1 unspecified atom stereocenters. The zero-order chi connectivity index (χ0) is 14.1. The normalized spacial score (nSPS) is 16.4. The molecule has 1 rings (SSSR count). The van der Waals surface area contributed by atoms with E-state index in [4.69, 9.17) is 12.2 Å². The smallest absolute Gasteiger partial charge is 0.230 e. The number of amides is 1. The first kappa shape index (κ1) is 16.8. The van der Waals surface area contributed by atoms with Crippen LogP contribution in [0.1, 0.15) is 52.4 Å². The monoisotopic (exact) mass is 302 g/mol. The minimum absolute atomic E-state index is 0.107. The van der Waals surface area contributed by atoms with Gasteiger partial charge in [0.15, 0.2) is 0 Å². The van der Waals surface area contributed by atoms with Gasteiger partial charge in [-0.2, -0.15) is 0 Å². The summed E-state index contributed by atoms with van der Waals surface area (Å²) in [4.78, 5) is 14.0. The zero-order valence-electron chi connectivity index (χ0n) is 12.1. The number of nitrogens with zero attached hydrogens (tertiary/aromatic N) is 1. The van der Waals surface area contributed by atoms with Crippen molar-refractivity contribution in [3.05, 3.63) is 0 Å². The molecule has 1 heterocycles. The molecule has 1 aliphatic rings. The van der Waals surface area contributed by atoms with Gasteiger partial charge in [-0.25, -0.2) is 0 Å². The molecule has 110 valence electrons. The molecule has 1 N–H and O–H groups in total. The standard InChI is InChI=1S/C14H26N2OS2/c1-3-4-5-8-12(2)15-13(17)11-19-14(18)16-9-6-7-10-16/h12H,3-11H2,1-2H3,(H,15,17). The Morgan fingerprint density at radius 2 is 2.05 bits per heavy atom. The van der Waals surface area contributed by atoms with Crippen LogP contribution in [-0.4, -0.2) is 40.0 Å². The van der Waals surface area contributed by atoms with Crippen LogP contribution in [0, 0.1) is 0 Å². The van der Waals surface area contributed by atoms with Crippen LogP contribution >= 0.6 is 24.0 Å². The lowest BCUT2D eigenvalue weighted by Gasteiger charge is -2.18. The first-order valence-corrected chi connectivity index (χ1v) is 8.74. The molecule has 0 radical (unpaired) electrons. The summed E-state index contributed by atoms with van der Waals surface area (Å²) in [6.45, 7) is 6.39. The van der Waals surface area contributed by atoms with E-state index < -0.39 is 0 Å². The van der Waals surface area contributed by atoms with E-state index in [1.807, 2.05) is 0 Å². The molecule has 0 spiro atoms. The summed E-state index contributed by atoms with van der Waals surface area (Å²) in [7, 11) is 0. The molecule has 0 aromatic carbocycles. The molecule has 1 atom stereocenters. The van der Waals surface area contributed by atoms with Crippen LogP contribution in [0.2, 0.25) is 0 Å². The highest BCUT2D eigenvalue weighted by Crippen LogP contribution is 2.16. The third-order valence-corrected chi connectivity index (χ3v) is 4.86. The van der Waals surface area contributed by atoms with Crippen molar-refractivity contribution in [2.45, 2.75) is 58.4 Å². The molecule has 0 saturated carbocycles. The largest absolute Gasteiger partial charge is 0.358 e. The van der Waals surface area contributed by atoms with Crippen molar-refractivity contribution in [2.24, 2.45) is 0 Å². The highest BCUT2D eigenvalue weighted by molar-refractivity contribution is 8.23. The van der Waals surface area contributed by atoms with Gasteiger partial charge in [-0.05, 0) is 26.2 Å². The maximum atomic E-state index is 11.8. The summed E-state index contributed by atoms with van der Waals surface area (Å²) in [5.41, 5.74) is 0. The van der Waals surface area contributed by atoms with Crippen molar-refractivity contribution in [1.82, 2.24) is 10.2 Å². The van der Waals surface area contributed by atoms with E-state index in [2.05, 4.69) is 24.1 Å². The Balaban J connectivity index is 2.11. The van der Waals surface area contributed by atoms with Crippen LogP contribution < -0.4 is 5.32 Å². The van der Waals surface area contributed by atoms with Gasteiger partial charge in [-0.3, -0.25) is 4.79 Å². The number of thiocarbonyl (C=S) groups is 1. The first-order valence-electron chi connectivity index (χ1n) is 7.34. The molecule has 1 fully saturated rings. The summed E-state index contributed by atoms with van der Waals surface area (Å²) in [5, 5.41) is 3.05. The van der Waals surface area contributed by atoms with E-state index >= 15 is 0 Å². The van der Waals surface area contributed by atoms with Gasteiger partial charge < -0.3 is 10.2 Å². The summed E-state index contributed by atoms with van der Waals surface area (Å²) in [6, 6.07) is 0.278. The van der Waals surface area contributed by atoms with Crippen LogP contribution in [0.4, 0.5) is 0 Å². The predicted molar refractivity (Wildman–Crippen MR) is 87.6 cm³/mol. The molecule has 0 bridgehead atoms. The van der Waals surface area contributed by atoms with Gasteiger partial charge >= 0.3 is 0 Å². The average molecular weight is 303 g/mol. The van der Waals surface area contributed by atoms with Crippen molar-refractivity contribution in [3.8, 4) is 0 Å². The third-order valence-electron chi connectivity index (χ3n) is 3.34. The maximum absolute atomic E-state index is 11.8. The Labute approximate surface area is 126 Å². The summed E-state index contributed by atoms with van der Waals surface area (Å²) in [5.74, 6) is 0.559. The lowest BCUT2D eigenvalue weighted by molar-refractivity contribution is -0.119. The number of unbranched alkanes of at least 4 members (excludes halogenated alkanes) is 2. The van der Waals surface area contributed by atoms with Crippen LogP contribution in [-0.2, 0) is 4.79 Å². The molecule has 5 heteroatoms. The van der Waals surface area contributed by atoms with Crippen LogP contribution in [0.15, 0.2) is 0 Å². The van der Waals surface area contributed by atoms with E-state index in [9.17, 15) is 4.79 Å². The fourth-order valence-corrected chi connectivity index (χ4v) is 3.27. The van der Waals surface area contributed by atoms with E-state index in [1.54, 1.807) is 0 Å². The molecule has 0 aliphatic carbocycles. The predicted octanol–water partition coefficient (Wildman–Crippen LogP) is 3.19. The van der Waals surface area contributed by atoms with E-state index in [1.165, 1.54) is 43.9 Å². The van der Waals surface area contributed by atoms with Gasteiger partial charge in [-0.1, -0.05) is 50.2 Å². The quantitative estimate of drug-likeness (QED) is 0.578. The van der Waals surface area contributed by atoms with Crippen LogP contribution in [0.3, 0.4) is 0 Å². The fraction of sp³-hybridized carbons (Fsp3) is 0.857. The second kappa shape index (κ2) is 9.59. The Morgan fingerprint density at radius 3 is 2.68 bits per heavy atom. The molecule has 0 aromatic rings. The fourth-order valence-electron chi connectivity index (χ4n) is 2.21. The molecule has 1 saturated heterocycles. The Bertz CT molecular complexity index is 291. The minimum Gasteiger partial charge on any atom is -0.358 e. The van der Waals surface area contributed by atoms with Gasteiger partial charge in [0.25, 0.3) is 0 Å². The Hall–Kier alpha value is -0.290. The molecule has 0 aromatic heterocycles. The second-order valence-corrected chi connectivity index (χ2v) is 6.82. The number of nitrogens with one attached hydrogen (secondary N) is 1. The number of hydrogen-bond acceptors (Lipinski definition) is 3. The molecule has 1 aliphatic heterocycles. The Kier molecular flexibility index (Phi) is 8.46. The summed E-state index contributed by atoms with van der Waals surface area (Å²) < 4.78 is 0.881. The topological polar surface area (TPSA) is 32.3 Å². The van der Waals surface area contributed by atoms with E-state index in [0.29, 0.717) is 5.75 Å². The summed E-state index contributed by atoms with van der Waals surface area (Å²) in [6.07, 6.45) is 7.18. The minimum atomic E-state index is 0.107. The average Bonchev–Trinajstić information content (AvgIpc) is 2.90. The molecule has 1 amide bonds. The second-order valence-electron chi connectivity index (χ2n) is 5.21. The number of carbonyl (C=O) groups is 1. The van der Waals surface area contributed by atoms with E-state index in [0.717, 1.165) is 23.8 Å². The van der Waals surface area contributed by atoms with Gasteiger partial charge in [0.1, 0.15) is 4.32 Å². The van der Waals surface area contributed by atoms with Crippen molar-refractivity contribution in [3.63, 3.8) is 0 Å². The van der Waals surface area contributed by atoms with Crippen molar-refractivity contribution >= 4 is 34.2 Å². The van der Waals surface area contributed by atoms with E-state index in [-0.39, 0.29) is 11.9 Å². The van der Waals surface area contributed by atoms with Crippen molar-refractivity contribution < 1.29 is 4.79 Å². The van der Waals surface area contributed by atoms with Crippen molar-refractivity contribution in [1.29, 1.82) is 0 Å². The first-order chi connectivity index (χ1) is 9.13. The SMILES string of the molecule is CCCCCC(C)NC(=O)CSC(=S)N1CCCC1. The van der Waals surface area contributed by atoms with Gasteiger partial charge in [0.2, 0.25) is 5.91 Å². The number of carbonyl (C=O) groups excluding carboxylic acids is 1. The molecular weight excluding hydrogens is 276 g/mol. The van der Waals surface area contributed by atoms with Crippen molar-refractivity contribution in [2.75, 3.05) is 18.8 Å². The highest BCUT2D eigenvalue weighted by Gasteiger charge is 2.16.